The Morgan fingerprint density at radius 3 is 2.57 bits per heavy atom. The minimum absolute atomic E-state index is 0.204. The SMILES string of the molecule is N#CCCNC(=O)CN1C(=O)NC2(CCCCCC2)C1=O. The van der Waals surface area contributed by atoms with Crippen molar-refractivity contribution in [2.45, 2.75) is 50.5 Å². The monoisotopic (exact) mass is 292 g/mol. The van der Waals surface area contributed by atoms with Crippen LogP contribution in [0.25, 0.3) is 0 Å². The van der Waals surface area contributed by atoms with Crippen LogP contribution in [0, 0.1) is 11.3 Å². The highest BCUT2D eigenvalue weighted by Crippen LogP contribution is 2.32. The van der Waals surface area contributed by atoms with Crippen LogP contribution in [0.4, 0.5) is 4.79 Å². The Hall–Kier alpha value is -2.10. The van der Waals surface area contributed by atoms with Crippen molar-refractivity contribution < 1.29 is 14.4 Å². The molecule has 0 aromatic rings. The van der Waals surface area contributed by atoms with Gasteiger partial charge < -0.3 is 10.6 Å². The summed E-state index contributed by atoms with van der Waals surface area (Å²) < 4.78 is 0. The molecule has 2 rings (SSSR count). The first-order chi connectivity index (χ1) is 10.1. The first kappa shape index (κ1) is 15.3. The molecule has 21 heavy (non-hydrogen) atoms. The molecule has 0 unspecified atom stereocenters. The van der Waals surface area contributed by atoms with Gasteiger partial charge in [-0.2, -0.15) is 5.26 Å². The molecule has 114 valence electrons. The molecule has 1 heterocycles. The normalized spacial score (nSPS) is 20.8. The van der Waals surface area contributed by atoms with Gasteiger partial charge in [0.1, 0.15) is 12.1 Å². The Bertz CT molecular complexity index is 475. The van der Waals surface area contributed by atoms with Gasteiger partial charge in [-0.3, -0.25) is 14.5 Å². The van der Waals surface area contributed by atoms with Crippen molar-refractivity contribution in [2.24, 2.45) is 0 Å². The largest absolute Gasteiger partial charge is 0.354 e. The van der Waals surface area contributed by atoms with Crippen LogP contribution in [0.15, 0.2) is 0 Å². The lowest BCUT2D eigenvalue weighted by atomic mass is 9.90. The van der Waals surface area contributed by atoms with Crippen LogP contribution in [0.5, 0.6) is 0 Å². The molecule has 1 spiro atoms. The lowest BCUT2D eigenvalue weighted by molar-refractivity contribution is -0.135. The highest BCUT2D eigenvalue weighted by molar-refractivity contribution is 6.09. The average Bonchev–Trinajstić information content (AvgIpc) is 2.64. The molecule has 7 nitrogen and oxygen atoms in total. The standard InChI is InChI=1S/C14H20N4O3/c15-8-5-9-16-11(19)10-18-12(20)14(17-13(18)21)6-3-1-2-4-7-14/h1-7,9-10H2,(H,16,19)(H,17,21). The highest BCUT2D eigenvalue weighted by Gasteiger charge is 2.50. The Morgan fingerprint density at radius 1 is 1.29 bits per heavy atom. The van der Waals surface area contributed by atoms with Crippen molar-refractivity contribution in [1.82, 2.24) is 15.5 Å². The Morgan fingerprint density at radius 2 is 1.95 bits per heavy atom. The van der Waals surface area contributed by atoms with Crippen molar-refractivity contribution in [3.05, 3.63) is 0 Å². The molecule has 1 saturated carbocycles. The smallest absolute Gasteiger partial charge is 0.325 e. The molecule has 1 aliphatic heterocycles. The third-order valence-electron chi connectivity index (χ3n) is 4.06. The van der Waals surface area contributed by atoms with Crippen LogP contribution in [0.1, 0.15) is 44.9 Å². The van der Waals surface area contributed by atoms with Gasteiger partial charge in [0.05, 0.1) is 12.5 Å². The highest BCUT2D eigenvalue weighted by atomic mass is 16.2. The summed E-state index contributed by atoms with van der Waals surface area (Å²) in [5, 5.41) is 13.7. The van der Waals surface area contributed by atoms with Crippen LogP contribution in [0.3, 0.4) is 0 Å². The summed E-state index contributed by atoms with van der Waals surface area (Å²) in [5.74, 6) is -0.704. The number of nitriles is 1. The molecule has 0 bridgehead atoms. The third-order valence-corrected chi connectivity index (χ3v) is 4.06. The maximum Gasteiger partial charge on any atom is 0.325 e. The number of nitrogens with zero attached hydrogens (tertiary/aromatic N) is 2. The van der Waals surface area contributed by atoms with Crippen molar-refractivity contribution in [1.29, 1.82) is 5.26 Å². The van der Waals surface area contributed by atoms with Crippen molar-refractivity contribution in [2.75, 3.05) is 13.1 Å². The fraction of sp³-hybridized carbons (Fsp3) is 0.714. The Labute approximate surface area is 123 Å². The Balaban J connectivity index is 1.98. The zero-order valence-corrected chi connectivity index (χ0v) is 12.0. The minimum atomic E-state index is -0.805. The molecule has 0 aromatic heterocycles. The van der Waals surface area contributed by atoms with Crippen LogP contribution in [-0.2, 0) is 9.59 Å². The average molecular weight is 292 g/mol. The fourth-order valence-corrected chi connectivity index (χ4v) is 2.95. The molecule has 0 atom stereocenters. The number of hydrogen-bond donors (Lipinski definition) is 2. The van der Waals surface area contributed by atoms with Gasteiger partial charge in [0.2, 0.25) is 5.91 Å². The van der Waals surface area contributed by atoms with Gasteiger partial charge in [0, 0.05) is 6.54 Å². The minimum Gasteiger partial charge on any atom is -0.354 e. The molecule has 2 N–H and O–H groups in total. The van der Waals surface area contributed by atoms with Crippen molar-refractivity contribution >= 4 is 17.8 Å². The molecule has 2 fully saturated rings. The quantitative estimate of drug-likeness (QED) is 0.587. The van der Waals surface area contributed by atoms with Crippen LogP contribution >= 0.6 is 0 Å². The molecule has 2 aliphatic rings. The predicted molar refractivity (Wildman–Crippen MR) is 73.9 cm³/mol. The van der Waals surface area contributed by atoms with Crippen molar-refractivity contribution in [3.8, 4) is 6.07 Å². The maximum atomic E-state index is 12.5. The molecule has 0 aromatic carbocycles. The van der Waals surface area contributed by atoms with E-state index in [4.69, 9.17) is 5.26 Å². The van der Waals surface area contributed by atoms with Gasteiger partial charge in [-0.05, 0) is 12.8 Å². The zero-order chi connectivity index (χ0) is 15.3. The van der Waals surface area contributed by atoms with E-state index in [1.54, 1.807) is 0 Å². The van der Waals surface area contributed by atoms with Crippen LogP contribution in [-0.4, -0.2) is 41.4 Å². The summed E-state index contributed by atoms with van der Waals surface area (Å²) in [5.41, 5.74) is -0.805. The number of urea groups is 1. The van der Waals surface area contributed by atoms with E-state index in [-0.39, 0.29) is 25.4 Å². The summed E-state index contributed by atoms with van der Waals surface area (Å²) in [7, 11) is 0. The summed E-state index contributed by atoms with van der Waals surface area (Å²) in [6.07, 6.45) is 5.45. The molecule has 4 amide bonds. The van der Waals surface area contributed by atoms with Gasteiger partial charge >= 0.3 is 6.03 Å². The van der Waals surface area contributed by atoms with Crippen molar-refractivity contribution in [3.63, 3.8) is 0 Å². The summed E-state index contributed by atoms with van der Waals surface area (Å²) in [6, 6.07) is 1.42. The van der Waals surface area contributed by atoms with Gasteiger partial charge in [0.15, 0.2) is 0 Å². The summed E-state index contributed by atoms with van der Waals surface area (Å²) >= 11 is 0. The van der Waals surface area contributed by atoms with E-state index in [1.165, 1.54) is 0 Å². The van der Waals surface area contributed by atoms with E-state index in [0.717, 1.165) is 30.6 Å². The number of nitrogens with one attached hydrogen (secondary N) is 2. The summed E-state index contributed by atoms with van der Waals surface area (Å²) in [4.78, 5) is 37.2. The number of rotatable bonds is 4. The third kappa shape index (κ3) is 3.32. The van der Waals surface area contributed by atoms with Gasteiger partial charge in [-0.1, -0.05) is 25.7 Å². The number of carbonyl (C=O) groups excluding carboxylic acids is 3. The van der Waals surface area contributed by atoms with Crippen LogP contribution in [0.2, 0.25) is 0 Å². The predicted octanol–water partition coefficient (Wildman–Crippen LogP) is 0.661. The van der Waals surface area contributed by atoms with E-state index >= 15 is 0 Å². The van der Waals surface area contributed by atoms with E-state index in [9.17, 15) is 14.4 Å². The van der Waals surface area contributed by atoms with E-state index < -0.39 is 17.5 Å². The first-order valence-electron chi connectivity index (χ1n) is 7.37. The second-order valence-electron chi connectivity index (χ2n) is 5.58. The topological polar surface area (TPSA) is 102 Å². The van der Waals surface area contributed by atoms with Gasteiger partial charge in [-0.25, -0.2) is 4.79 Å². The fourth-order valence-electron chi connectivity index (χ4n) is 2.95. The molecule has 1 aliphatic carbocycles. The van der Waals surface area contributed by atoms with E-state index in [0.29, 0.717) is 12.8 Å². The first-order valence-corrected chi connectivity index (χ1v) is 7.37. The lowest BCUT2D eigenvalue weighted by Crippen LogP contribution is -2.47. The lowest BCUT2D eigenvalue weighted by Gasteiger charge is -2.24. The molecule has 0 radical (unpaired) electrons. The molecule has 1 saturated heterocycles. The number of carbonyl (C=O) groups is 3. The molecule has 7 heteroatoms. The zero-order valence-electron chi connectivity index (χ0n) is 12.0. The van der Waals surface area contributed by atoms with Gasteiger partial charge in [-0.15, -0.1) is 0 Å². The Kier molecular flexibility index (Phi) is 4.78. The second-order valence-corrected chi connectivity index (χ2v) is 5.58. The maximum absolute atomic E-state index is 12.5. The number of amides is 4. The van der Waals surface area contributed by atoms with Gasteiger partial charge in [0.25, 0.3) is 5.91 Å². The van der Waals surface area contributed by atoms with E-state index in [1.807, 2.05) is 6.07 Å². The number of imide groups is 1. The second kappa shape index (κ2) is 6.57. The van der Waals surface area contributed by atoms with Crippen LogP contribution < -0.4 is 10.6 Å². The summed E-state index contributed by atoms with van der Waals surface area (Å²) in [6.45, 7) is -0.0536. The molecular weight excluding hydrogens is 272 g/mol. The number of hydrogen-bond acceptors (Lipinski definition) is 4. The molecular formula is C14H20N4O3. The van der Waals surface area contributed by atoms with E-state index in [2.05, 4.69) is 10.6 Å².